The normalized spacial score (nSPS) is 11.2. The van der Waals surface area contributed by atoms with Gasteiger partial charge >= 0.3 is 0 Å². The number of nitrogens with zero attached hydrogens (tertiary/aromatic N) is 3. The minimum atomic E-state index is -0.453. The molecule has 7 heteroatoms. The van der Waals surface area contributed by atoms with E-state index in [4.69, 9.17) is 0 Å². The maximum Gasteiger partial charge on any atom is 0.287 e. The predicted octanol–water partition coefficient (Wildman–Crippen LogP) is 2.31. The summed E-state index contributed by atoms with van der Waals surface area (Å²) in [5, 5.41) is 3.02. The number of fused-ring (bicyclic) bond motifs is 1. The number of aryl methyl sites for hydroxylation is 3. The second kappa shape index (κ2) is 6.35. The Hall–Kier alpha value is -3.48. The van der Waals surface area contributed by atoms with Crippen LogP contribution in [0.25, 0.3) is 17.0 Å². The van der Waals surface area contributed by atoms with E-state index in [0.29, 0.717) is 17.6 Å². The van der Waals surface area contributed by atoms with Crippen molar-refractivity contribution in [3.8, 4) is 5.95 Å². The summed E-state index contributed by atoms with van der Waals surface area (Å²) in [6, 6.07) is 11.5. The minimum Gasteiger partial charge on any atom is -0.343 e. The number of H-pyrrole nitrogens is 2. The molecule has 0 aliphatic carbocycles. The van der Waals surface area contributed by atoms with E-state index in [2.05, 4.69) is 20.1 Å². The molecule has 4 aromatic rings. The van der Waals surface area contributed by atoms with Crippen molar-refractivity contribution < 1.29 is 0 Å². The summed E-state index contributed by atoms with van der Waals surface area (Å²) in [6.07, 6.45) is 0.461. The Morgan fingerprint density at radius 2 is 1.67 bits per heavy atom. The molecule has 0 spiro atoms. The quantitative estimate of drug-likeness (QED) is 0.585. The highest BCUT2D eigenvalue weighted by atomic mass is 16.1. The number of pyridine rings is 1. The van der Waals surface area contributed by atoms with E-state index < -0.39 is 5.56 Å². The minimum absolute atomic E-state index is 0.0919. The Morgan fingerprint density at radius 3 is 2.33 bits per heavy atom. The molecule has 0 amide bonds. The van der Waals surface area contributed by atoms with Crippen LogP contribution in [0.15, 0.2) is 46.0 Å². The third kappa shape index (κ3) is 2.97. The van der Waals surface area contributed by atoms with Gasteiger partial charge in [0.15, 0.2) is 5.43 Å². The van der Waals surface area contributed by atoms with Crippen molar-refractivity contribution in [2.75, 3.05) is 0 Å². The van der Waals surface area contributed by atoms with Gasteiger partial charge in [-0.2, -0.15) is 4.68 Å². The largest absolute Gasteiger partial charge is 0.343 e. The average molecular weight is 361 g/mol. The number of nitrogens with one attached hydrogen (secondary N) is 2. The van der Waals surface area contributed by atoms with Crippen LogP contribution in [0.2, 0.25) is 0 Å². The van der Waals surface area contributed by atoms with Gasteiger partial charge in [-0.25, -0.2) is 9.97 Å². The van der Waals surface area contributed by atoms with E-state index in [0.717, 1.165) is 22.6 Å². The van der Waals surface area contributed by atoms with Crippen LogP contribution < -0.4 is 11.0 Å². The molecule has 3 heterocycles. The van der Waals surface area contributed by atoms with Crippen molar-refractivity contribution in [2.24, 2.45) is 0 Å². The summed E-state index contributed by atoms with van der Waals surface area (Å²) < 4.78 is 1.22. The second-order valence-electron chi connectivity index (χ2n) is 6.67. The van der Waals surface area contributed by atoms with Crippen LogP contribution in [0.5, 0.6) is 0 Å². The molecule has 136 valence electrons. The Bertz CT molecular complexity index is 1250. The first-order chi connectivity index (χ1) is 12.9. The first-order valence-corrected chi connectivity index (χ1v) is 8.67. The van der Waals surface area contributed by atoms with Gasteiger partial charge in [-0.3, -0.25) is 14.7 Å². The highest BCUT2D eigenvalue weighted by molar-refractivity contribution is 5.75. The lowest BCUT2D eigenvalue weighted by atomic mass is 10.0. The van der Waals surface area contributed by atoms with E-state index in [1.807, 2.05) is 57.2 Å². The maximum atomic E-state index is 13.1. The third-order valence-corrected chi connectivity index (χ3v) is 4.55. The molecular formula is C20H19N5O2. The van der Waals surface area contributed by atoms with E-state index >= 15 is 0 Å². The smallest absolute Gasteiger partial charge is 0.287 e. The SMILES string of the molecule is Cc1cc(C)nc(-n2[nH]c3[nH]c(C)c(Cc4ccccc4)c(=O)c3c2=O)n1. The maximum absolute atomic E-state index is 13.1. The van der Waals surface area contributed by atoms with Crippen molar-refractivity contribution >= 4 is 11.0 Å². The average Bonchev–Trinajstić information content (AvgIpc) is 2.95. The lowest BCUT2D eigenvalue weighted by molar-refractivity contribution is 0.777. The molecule has 0 aliphatic rings. The van der Waals surface area contributed by atoms with Crippen LogP contribution in [0, 0.1) is 20.8 Å². The van der Waals surface area contributed by atoms with Crippen molar-refractivity contribution in [2.45, 2.75) is 27.2 Å². The molecule has 0 bridgehead atoms. The fourth-order valence-electron chi connectivity index (χ4n) is 3.28. The molecule has 2 N–H and O–H groups in total. The van der Waals surface area contributed by atoms with Crippen LogP contribution >= 0.6 is 0 Å². The first-order valence-electron chi connectivity index (χ1n) is 8.67. The number of hydrogen-bond acceptors (Lipinski definition) is 4. The fraction of sp³-hybridized carbons (Fsp3) is 0.200. The summed E-state index contributed by atoms with van der Waals surface area (Å²) in [5.74, 6) is 0.226. The molecular weight excluding hydrogens is 342 g/mol. The summed E-state index contributed by atoms with van der Waals surface area (Å²) >= 11 is 0. The number of hydrogen-bond donors (Lipinski definition) is 2. The van der Waals surface area contributed by atoms with Gasteiger partial charge < -0.3 is 4.98 Å². The van der Waals surface area contributed by atoms with Gasteiger partial charge in [0.25, 0.3) is 11.5 Å². The number of rotatable bonds is 3. The zero-order chi connectivity index (χ0) is 19.1. The van der Waals surface area contributed by atoms with Gasteiger partial charge in [0.1, 0.15) is 11.0 Å². The lowest BCUT2D eigenvalue weighted by Crippen LogP contribution is -2.22. The van der Waals surface area contributed by atoms with Gasteiger partial charge in [-0.1, -0.05) is 30.3 Å². The Labute approximate surface area is 154 Å². The summed E-state index contributed by atoms with van der Waals surface area (Å²) in [6.45, 7) is 5.50. The van der Waals surface area contributed by atoms with E-state index in [9.17, 15) is 9.59 Å². The van der Waals surface area contributed by atoms with Crippen LogP contribution in [0.4, 0.5) is 0 Å². The highest BCUT2D eigenvalue weighted by Gasteiger charge is 2.18. The molecule has 0 atom stereocenters. The molecule has 4 rings (SSSR count). The predicted molar refractivity (Wildman–Crippen MR) is 104 cm³/mol. The molecule has 0 fully saturated rings. The third-order valence-electron chi connectivity index (χ3n) is 4.55. The second-order valence-corrected chi connectivity index (χ2v) is 6.67. The molecule has 0 radical (unpaired) electrons. The van der Waals surface area contributed by atoms with Gasteiger partial charge in [0, 0.05) is 29.1 Å². The van der Waals surface area contributed by atoms with Gasteiger partial charge in [-0.05, 0) is 32.4 Å². The number of aromatic nitrogens is 5. The van der Waals surface area contributed by atoms with Crippen LogP contribution in [0.3, 0.4) is 0 Å². The van der Waals surface area contributed by atoms with Crippen LogP contribution in [-0.4, -0.2) is 24.7 Å². The van der Waals surface area contributed by atoms with E-state index in [-0.39, 0.29) is 16.8 Å². The zero-order valence-corrected chi connectivity index (χ0v) is 15.3. The lowest BCUT2D eigenvalue weighted by Gasteiger charge is -2.05. The Balaban J connectivity index is 1.92. The molecule has 3 aromatic heterocycles. The molecule has 0 unspecified atom stereocenters. The monoisotopic (exact) mass is 361 g/mol. The molecule has 27 heavy (non-hydrogen) atoms. The molecule has 7 nitrogen and oxygen atoms in total. The molecule has 0 aliphatic heterocycles. The van der Waals surface area contributed by atoms with Crippen molar-refractivity contribution in [3.63, 3.8) is 0 Å². The Kier molecular flexibility index (Phi) is 3.99. The number of aromatic amines is 2. The standard InChI is InChI=1S/C20H19N5O2/c1-11-9-12(2)22-20(21-11)25-19(27)16-17(26)15(13(3)23-18(16)24-25)10-14-7-5-4-6-8-14/h4-9H,10H2,1-3H3,(H2,23,24,26). The number of benzene rings is 1. The zero-order valence-electron chi connectivity index (χ0n) is 15.3. The summed E-state index contributed by atoms with van der Waals surface area (Å²) in [5.41, 5.74) is 3.47. The van der Waals surface area contributed by atoms with E-state index in [1.165, 1.54) is 4.68 Å². The first kappa shape index (κ1) is 17.0. The van der Waals surface area contributed by atoms with Crippen LogP contribution in [-0.2, 0) is 6.42 Å². The topological polar surface area (TPSA) is 96.4 Å². The molecule has 0 saturated heterocycles. The van der Waals surface area contributed by atoms with E-state index in [1.54, 1.807) is 0 Å². The van der Waals surface area contributed by atoms with Crippen molar-refractivity contribution in [1.82, 2.24) is 24.7 Å². The van der Waals surface area contributed by atoms with Gasteiger partial charge in [0.2, 0.25) is 0 Å². The van der Waals surface area contributed by atoms with Gasteiger partial charge in [0.05, 0.1) is 0 Å². The van der Waals surface area contributed by atoms with Gasteiger partial charge in [-0.15, -0.1) is 0 Å². The summed E-state index contributed by atoms with van der Waals surface area (Å²) in [7, 11) is 0. The van der Waals surface area contributed by atoms with Crippen molar-refractivity contribution in [3.05, 3.63) is 85.2 Å². The Morgan fingerprint density at radius 1 is 1.00 bits per heavy atom. The van der Waals surface area contributed by atoms with Crippen LogP contribution in [0.1, 0.15) is 28.2 Å². The fourth-order valence-corrected chi connectivity index (χ4v) is 3.28. The highest BCUT2D eigenvalue weighted by Crippen LogP contribution is 2.12. The van der Waals surface area contributed by atoms with Crippen molar-refractivity contribution in [1.29, 1.82) is 0 Å². The molecule has 0 saturated carbocycles. The molecule has 1 aromatic carbocycles. The summed E-state index contributed by atoms with van der Waals surface area (Å²) in [4.78, 5) is 37.7.